The molecule has 1 saturated heterocycles. The van der Waals surface area contributed by atoms with Crippen LogP contribution < -0.4 is 5.73 Å². The summed E-state index contributed by atoms with van der Waals surface area (Å²) in [4.78, 5) is 34.7. The molecule has 5 N–H and O–H groups in total. The molecule has 184 valence electrons. The van der Waals surface area contributed by atoms with E-state index >= 15 is 0 Å². The van der Waals surface area contributed by atoms with Crippen LogP contribution in [0.15, 0.2) is 30.9 Å². The van der Waals surface area contributed by atoms with E-state index in [1.54, 1.807) is 11.5 Å². The average Bonchev–Trinajstić information content (AvgIpc) is 3.37. The number of carbonyl (C=O) groups is 1. The van der Waals surface area contributed by atoms with Gasteiger partial charge in [0.05, 0.1) is 35.1 Å². The van der Waals surface area contributed by atoms with Crippen LogP contribution in [0.5, 0.6) is 0 Å². The fourth-order valence-corrected chi connectivity index (χ4v) is 4.67. The predicted molar refractivity (Wildman–Crippen MR) is 127 cm³/mol. The van der Waals surface area contributed by atoms with Crippen molar-refractivity contribution in [2.75, 3.05) is 25.4 Å². The van der Waals surface area contributed by atoms with E-state index in [1.165, 1.54) is 17.6 Å². The number of benzene rings is 1. The highest BCUT2D eigenvalue weighted by molar-refractivity contribution is 5.81. The second-order valence-corrected chi connectivity index (χ2v) is 9.31. The van der Waals surface area contributed by atoms with Gasteiger partial charge in [-0.1, -0.05) is 6.07 Å². The molecule has 35 heavy (non-hydrogen) atoms. The molecule has 0 spiro atoms. The second-order valence-electron chi connectivity index (χ2n) is 9.31. The lowest BCUT2D eigenvalue weighted by Crippen LogP contribution is -2.43. The highest BCUT2D eigenvalue weighted by Gasteiger charge is 2.42. The smallest absolute Gasteiger partial charge is 0.248 e. The number of likely N-dealkylation sites (tertiary alicyclic amines) is 1. The Morgan fingerprint density at radius 1 is 1.31 bits per heavy atom. The average molecular weight is 481 g/mol. The molecule has 0 radical (unpaired) electrons. The molecule has 1 aliphatic rings. The third-order valence-corrected chi connectivity index (χ3v) is 6.42. The molecule has 12 nitrogen and oxygen atoms in total. The molecule has 3 aromatic heterocycles. The first kappa shape index (κ1) is 23.1. The van der Waals surface area contributed by atoms with E-state index in [-0.39, 0.29) is 44.4 Å². The molecular formula is C23H28N8O4. The maximum atomic E-state index is 13.1. The first-order chi connectivity index (χ1) is 16.7. The number of nitrogens with zero attached hydrogens (tertiary/aromatic N) is 6. The topological polar surface area (TPSA) is 168 Å². The van der Waals surface area contributed by atoms with Crippen LogP contribution in [0.4, 0.5) is 5.82 Å². The zero-order valence-electron chi connectivity index (χ0n) is 19.5. The minimum atomic E-state index is -1.34. The van der Waals surface area contributed by atoms with Crippen molar-refractivity contribution < 1.29 is 19.7 Å². The number of amides is 1. The maximum absolute atomic E-state index is 13.1. The number of hydrogen-bond donors (Lipinski definition) is 4. The number of rotatable bonds is 5. The second kappa shape index (κ2) is 8.87. The largest absolute Gasteiger partial charge is 0.391 e. The number of nitrogens with one attached hydrogen (secondary N) is 1. The molecule has 12 heteroatoms. The fourth-order valence-electron chi connectivity index (χ4n) is 4.67. The number of aromatic nitrogens is 6. The molecule has 0 saturated carbocycles. The number of H-pyrrole nitrogens is 1. The molecule has 4 heterocycles. The Morgan fingerprint density at radius 3 is 2.97 bits per heavy atom. The van der Waals surface area contributed by atoms with Gasteiger partial charge in [0.2, 0.25) is 5.91 Å². The number of aryl methyl sites for hydroxylation is 1. The highest BCUT2D eigenvalue weighted by atomic mass is 16.5. The number of β-amino-alcohol motifs (C(OH)–C–C–N with tert-alkyl or cyclic N) is 1. The standard InChI is InChI=1S/C23H28N8O4/c1-13-3-4-15-16(5-13)29-18(28-15)9-35-10-19(33)30-7-14(32)6-23(2,34)17(8-30)31-12-27-20-21(24)25-11-26-22(20)31/h3-5,11-12,14,17,32,34H,6-10H2,1-2H3,(H,28,29)(H2,24,25,26)/t14-,17+,23+/m1/s1. The Hall–Kier alpha value is -3.61. The summed E-state index contributed by atoms with van der Waals surface area (Å²) in [5.74, 6) is 0.540. The van der Waals surface area contributed by atoms with Gasteiger partial charge in [-0.25, -0.2) is 19.9 Å². The van der Waals surface area contributed by atoms with E-state index in [0.29, 0.717) is 17.0 Å². The van der Waals surface area contributed by atoms with Crippen LogP contribution in [0.1, 0.15) is 30.8 Å². The van der Waals surface area contributed by atoms with E-state index in [1.807, 2.05) is 25.1 Å². The number of aliphatic hydroxyl groups excluding tert-OH is 1. The SMILES string of the molecule is Cc1ccc2nc(COCC(=O)N3C[C@H](O)C[C@](C)(O)[C@@H](n4cnc5c(N)ncnc54)C3)[nH]c2c1. The normalized spacial score (nSPS) is 23.1. The number of anilines is 1. The maximum Gasteiger partial charge on any atom is 0.248 e. The van der Waals surface area contributed by atoms with Crippen molar-refractivity contribution >= 4 is 33.9 Å². The van der Waals surface area contributed by atoms with E-state index in [0.717, 1.165) is 16.6 Å². The first-order valence-electron chi connectivity index (χ1n) is 11.4. The van der Waals surface area contributed by atoms with Crippen molar-refractivity contribution in [2.45, 2.75) is 44.6 Å². The lowest BCUT2D eigenvalue weighted by atomic mass is 9.91. The van der Waals surface area contributed by atoms with Gasteiger partial charge >= 0.3 is 0 Å². The van der Waals surface area contributed by atoms with Crippen molar-refractivity contribution in [2.24, 2.45) is 0 Å². The molecule has 0 aliphatic carbocycles. The fraction of sp³-hybridized carbons (Fsp3) is 0.435. The van der Waals surface area contributed by atoms with Gasteiger partial charge in [0.25, 0.3) is 0 Å². The summed E-state index contributed by atoms with van der Waals surface area (Å²) >= 11 is 0. The quantitative estimate of drug-likeness (QED) is 0.321. The van der Waals surface area contributed by atoms with Gasteiger partial charge in [-0.2, -0.15) is 0 Å². The number of nitrogens with two attached hydrogens (primary N) is 1. The summed E-state index contributed by atoms with van der Waals surface area (Å²) in [6.45, 7) is 3.78. The molecule has 1 fully saturated rings. The van der Waals surface area contributed by atoms with Crippen molar-refractivity contribution in [1.29, 1.82) is 0 Å². The lowest BCUT2D eigenvalue weighted by Gasteiger charge is -2.33. The van der Waals surface area contributed by atoms with Crippen LogP contribution in [0.2, 0.25) is 0 Å². The summed E-state index contributed by atoms with van der Waals surface area (Å²) in [5.41, 5.74) is 8.29. The monoisotopic (exact) mass is 480 g/mol. The number of ether oxygens (including phenoxy) is 1. The summed E-state index contributed by atoms with van der Waals surface area (Å²) in [6, 6.07) is 5.29. The van der Waals surface area contributed by atoms with Crippen molar-refractivity contribution in [3.05, 3.63) is 42.2 Å². The zero-order chi connectivity index (χ0) is 24.7. The minimum Gasteiger partial charge on any atom is -0.391 e. The molecular weight excluding hydrogens is 452 g/mol. The number of nitrogen functional groups attached to an aromatic ring is 1. The van der Waals surface area contributed by atoms with Crippen molar-refractivity contribution in [3.63, 3.8) is 0 Å². The van der Waals surface area contributed by atoms with E-state index in [9.17, 15) is 15.0 Å². The van der Waals surface area contributed by atoms with Crippen molar-refractivity contribution in [1.82, 2.24) is 34.4 Å². The summed E-state index contributed by atoms with van der Waals surface area (Å²) in [7, 11) is 0. The zero-order valence-corrected chi connectivity index (χ0v) is 19.5. The first-order valence-corrected chi connectivity index (χ1v) is 11.4. The van der Waals surface area contributed by atoms with Gasteiger partial charge < -0.3 is 35.1 Å². The summed E-state index contributed by atoms with van der Waals surface area (Å²) < 4.78 is 7.33. The Balaban J connectivity index is 1.31. The number of aliphatic hydroxyl groups is 2. The minimum absolute atomic E-state index is 0.0704. The van der Waals surface area contributed by atoms with E-state index in [4.69, 9.17) is 10.5 Å². The highest BCUT2D eigenvalue weighted by Crippen LogP contribution is 2.34. The van der Waals surface area contributed by atoms with Gasteiger partial charge in [-0.05, 0) is 31.5 Å². The van der Waals surface area contributed by atoms with Gasteiger partial charge in [0.15, 0.2) is 11.5 Å². The number of fused-ring (bicyclic) bond motifs is 2. The Morgan fingerprint density at radius 2 is 2.14 bits per heavy atom. The predicted octanol–water partition coefficient (Wildman–Crippen LogP) is 0.695. The van der Waals surface area contributed by atoms with Gasteiger partial charge in [0.1, 0.15) is 30.9 Å². The number of aromatic amines is 1. The number of imidazole rings is 2. The third kappa shape index (κ3) is 4.55. The summed E-state index contributed by atoms with van der Waals surface area (Å²) in [6.07, 6.45) is 2.01. The number of hydrogen-bond acceptors (Lipinski definition) is 9. The Kier molecular flexibility index (Phi) is 5.87. The van der Waals surface area contributed by atoms with Crippen LogP contribution in [-0.2, 0) is 16.1 Å². The molecule has 1 amide bonds. The van der Waals surface area contributed by atoms with Gasteiger partial charge in [-0.3, -0.25) is 4.79 Å². The Bertz CT molecular complexity index is 1380. The van der Waals surface area contributed by atoms with Crippen molar-refractivity contribution in [3.8, 4) is 0 Å². The molecule has 0 unspecified atom stereocenters. The van der Waals surface area contributed by atoms with E-state index < -0.39 is 17.7 Å². The molecule has 5 rings (SSSR count). The Labute approximate surface area is 200 Å². The van der Waals surface area contributed by atoms with Crippen LogP contribution >= 0.6 is 0 Å². The summed E-state index contributed by atoms with van der Waals surface area (Å²) in [5, 5.41) is 21.8. The van der Waals surface area contributed by atoms with Crippen LogP contribution in [0.25, 0.3) is 22.2 Å². The molecule has 1 aromatic carbocycles. The molecule has 4 aromatic rings. The molecule has 3 atom stereocenters. The molecule has 1 aliphatic heterocycles. The van der Waals surface area contributed by atoms with Crippen LogP contribution in [0.3, 0.4) is 0 Å². The third-order valence-electron chi connectivity index (χ3n) is 6.42. The number of carbonyl (C=O) groups excluding carboxylic acids is 1. The molecule has 0 bridgehead atoms. The van der Waals surface area contributed by atoms with Gasteiger partial charge in [0, 0.05) is 19.5 Å². The van der Waals surface area contributed by atoms with Crippen LogP contribution in [-0.4, -0.2) is 81.9 Å². The van der Waals surface area contributed by atoms with Gasteiger partial charge in [-0.15, -0.1) is 0 Å². The lowest BCUT2D eigenvalue weighted by molar-refractivity contribution is -0.138. The van der Waals surface area contributed by atoms with E-state index in [2.05, 4.69) is 24.9 Å². The van der Waals surface area contributed by atoms with Crippen LogP contribution in [0, 0.1) is 6.92 Å².